The topological polar surface area (TPSA) is 70.2 Å². The van der Waals surface area contributed by atoms with Gasteiger partial charge in [-0.1, -0.05) is 19.3 Å². The van der Waals surface area contributed by atoms with Gasteiger partial charge in [0.05, 0.1) is 12.6 Å². The van der Waals surface area contributed by atoms with E-state index in [4.69, 9.17) is 0 Å². The minimum atomic E-state index is -0.198. The first kappa shape index (κ1) is 13.3. The van der Waals surface area contributed by atoms with Gasteiger partial charge in [0.15, 0.2) is 0 Å². The van der Waals surface area contributed by atoms with Crippen LogP contribution in [0.3, 0.4) is 0 Å². The lowest BCUT2D eigenvalue weighted by atomic mass is 9.95. The number of carbonyl (C=O) groups excluding carboxylic acids is 2. The molecule has 1 saturated heterocycles. The molecule has 1 heterocycles. The molecule has 1 saturated carbocycles. The second-order valence-corrected chi connectivity index (χ2v) is 5.27. The van der Waals surface area contributed by atoms with E-state index in [-0.39, 0.29) is 24.4 Å². The molecule has 1 unspecified atom stereocenters. The fraction of sp³-hybridized carbons (Fsp3) is 0.846. The average Bonchev–Trinajstić information content (AvgIpc) is 2.39. The van der Waals surface area contributed by atoms with Crippen LogP contribution in [0.25, 0.3) is 0 Å². The van der Waals surface area contributed by atoms with Crippen molar-refractivity contribution in [2.45, 2.75) is 57.0 Å². The Morgan fingerprint density at radius 1 is 1.17 bits per heavy atom. The lowest BCUT2D eigenvalue weighted by Gasteiger charge is -2.25. The minimum absolute atomic E-state index is 0.0141. The molecule has 0 bridgehead atoms. The molecular weight excluding hydrogens is 230 g/mol. The third-order valence-corrected chi connectivity index (χ3v) is 3.76. The van der Waals surface area contributed by atoms with Crippen molar-refractivity contribution in [2.75, 3.05) is 13.1 Å². The van der Waals surface area contributed by atoms with Crippen molar-refractivity contribution < 1.29 is 9.59 Å². The Labute approximate surface area is 108 Å². The molecule has 1 atom stereocenters. The lowest BCUT2D eigenvalue weighted by molar-refractivity contribution is -0.125. The van der Waals surface area contributed by atoms with E-state index in [1.165, 1.54) is 19.3 Å². The van der Waals surface area contributed by atoms with Crippen molar-refractivity contribution in [3.63, 3.8) is 0 Å². The summed E-state index contributed by atoms with van der Waals surface area (Å²) in [5.74, 6) is 0.0342. The molecule has 1 aliphatic heterocycles. The third-order valence-electron chi connectivity index (χ3n) is 3.76. The highest BCUT2D eigenvalue weighted by atomic mass is 16.2. The maximum absolute atomic E-state index is 11.8. The summed E-state index contributed by atoms with van der Waals surface area (Å²) in [6, 6.07) is 0.143. The summed E-state index contributed by atoms with van der Waals surface area (Å²) < 4.78 is 0. The molecule has 2 amide bonds. The summed E-state index contributed by atoms with van der Waals surface area (Å²) in [5, 5.41) is 8.88. The predicted molar refractivity (Wildman–Crippen MR) is 69.1 cm³/mol. The second-order valence-electron chi connectivity index (χ2n) is 5.27. The number of piperidine rings is 1. The summed E-state index contributed by atoms with van der Waals surface area (Å²) in [5.41, 5.74) is 0. The fourth-order valence-electron chi connectivity index (χ4n) is 2.71. The highest BCUT2D eigenvalue weighted by Crippen LogP contribution is 2.17. The average molecular weight is 253 g/mol. The van der Waals surface area contributed by atoms with Crippen molar-refractivity contribution in [3.05, 3.63) is 0 Å². The monoisotopic (exact) mass is 253 g/mol. The zero-order chi connectivity index (χ0) is 12.8. The van der Waals surface area contributed by atoms with Crippen LogP contribution < -0.4 is 16.0 Å². The molecule has 1 aliphatic carbocycles. The summed E-state index contributed by atoms with van der Waals surface area (Å²) in [7, 11) is 0. The van der Waals surface area contributed by atoms with E-state index in [0.717, 1.165) is 32.2 Å². The van der Waals surface area contributed by atoms with E-state index in [9.17, 15) is 9.59 Å². The molecule has 0 aromatic heterocycles. The number of nitrogens with one attached hydrogen (secondary N) is 3. The molecule has 5 nitrogen and oxygen atoms in total. The largest absolute Gasteiger partial charge is 0.355 e. The Morgan fingerprint density at radius 2 is 1.94 bits per heavy atom. The van der Waals surface area contributed by atoms with E-state index < -0.39 is 0 Å². The fourth-order valence-corrected chi connectivity index (χ4v) is 2.71. The Bertz CT molecular complexity index is 301. The molecule has 0 aromatic carbocycles. The van der Waals surface area contributed by atoms with Crippen LogP contribution in [0.4, 0.5) is 0 Å². The van der Waals surface area contributed by atoms with Crippen molar-refractivity contribution >= 4 is 11.8 Å². The molecule has 2 aliphatic rings. The smallest absolute Gasteiger partial charge is 0.237 e. The van der Waals surface area contributed by atoms with Gasteiger partial charge in [0.2, 0.25) is 11.8 Å². The van der Waals surface area contributed by atoms with Crippen LogP contribution in [0.5, 0.6) is 0 Å². The zero-order valence-electron chi connectivity index (χ0n) is 10.8. The summed E-state index contributed by atoms with van der Waals surface area (Å²) in [4.78, 5) is 23.2. The number of hydrogen-bond acceptors (Lipinski definition) is 3. The van der Waals surface area contributed by atoms with Gasteiger partial charge in [0, 0.05) is 12.6 Å². The molecule has 2 rings (SSSR count). The van der Waals surface area contributed by atoms with Gasteiger partial charge in [-0.25, -0.2) is 0 Å². The lowest BCUT2D eigenvalue weighted by Crippen LogP contribution is -2.51. The van der Waals surface area contributed by atoms with Gasteiger partial charge >= 0.3 is 0 Å². The first-order chi connectivity index (χ1) is 8.75. The van der Waals surface area contributed by atoms with Gasteiger partial charge in [-0.2, -0.15) is 0 Å². The SMILES string of the molecule is O=C(CNC1CCCNC1=O)NC1CCCCC1. The van der Waals surface area contributed by atoms with Crippen molar-refractivity contribution in [3.8, 4) is 0 Å². The molecule has 0 spiro atoms. The van der Waals surface area contributed by atoms with Gasteiger partial charge in [-0.15, -0.1) is 0 Å². The quantitative estimate of drug-likeness (QED) is 0.675. The molecule has 2 fully saturated rings. The number of amides is 2. The van der Waals surface area contributed by atoms with Crippen LogP contribution in [-0.2, 0) is 9.59 Å². The van der Waals surface area contributed by atoms with E-state index in [1.807, 2.05) is 0 Å². The van der Waals surface area contributed by atoms with Crippen LogP contribution in [0.1, 0.15) is 44.9 Å². The van der Waals surface area contributed by atoms with Crippen LogP contribution >= 0.6 is 0 Å². The van der Waals surface area contributed by atoms with E-state index >= 15 is 0 Å². The molecule has 102 valence electrons. The van der Waals surface area contributed by atoms with E-state index in [0.29, 0.717) is 6.04 Å². The van der Waals surface area contributed by atoms with Gasteiger partial charge in [0.25, 0.3) is 0 Å². The summed E-state index contributed by atoms with van der Waals surface area (Å²) in [6.07, 6.45) is 7.70. The van der Waals surface area contributed by atoms with Gasteiger partial charge in [0.1, 0.15) is 0 Å². The molecular formula is C13H23N3O2. The standard InChI is InChI=1S/C13H23N3O2/c17-12(16-10-5-2-1-3-6-10)9-15-11-7-4-8-14-13(11)18/h10-11,15H,1-9H2,(H,14,18)(H,16,17). The van der Waals surface area contributed by atoms with E-state index in [1.54, 1.807) is 0 Å². The van der Waals surface area contributed by atoms with Crippen molar-refractivity contribution in [2.24, 2.45) is 0 Å². The Morgan fingerprint density at radius 3 is 2.67 bits per heavy atom. The van der Waals surface area contributed by atoms with Crippen molar-refractivity contribution in [1.82, 2.24) is 16.0 Å². The van der Waals surface area contributed by atoms with Crippen LogP contribution in [0, 0.1) is 0 Å². The highest BCUT2D eigenvalue weighted by molar-refractivity contribution is 5.84. The van der Waals surface area contributed by atoms with Gasteiger partial charge in [-0.3, -0.25) is 14.9 Å². The number of carbonyl (C=O) groups is 2. The molecule has 3 N–H and O–H groups in total. The van der Waals surface area contributed by atoms with Crippen LogP contribution in [0.2, 0.25) is 0 Å². The zero-order valence-corrected chi connectivity index (χ0v) is 10.8. The van der Waals surface area contributed by atoms with Crippen LogP contribution in [0.15, 0.2) is 0 Å². The number of hydrogen-bond donors (Lipinski definition) is 3. The number of rotatable bonds is 4. The second kappa shape index (κ2) is 6.73. The highest BCUT2D eigenvalue weighted by Gasteiger charge is 2.22. The van der Waals surface area contributed by atoms with E-state index in [2.05, 4.69) is 16.0 Å². The predicted octanol–water partition coefficient (Wildman–Crippen LogP) is 0.303. The summed E-state index contributed by atoms with van der Waals surface area (Å²) in [6.45, 7) is 1.000. The Kier molecular flexibility index (Phi) is 4.99. The molecule has 5 heteroatoms. The first-order valence-corrected chi connectivity index (χ1v) is 7.06. The normalized spacial score (nSPS) is 25.6. The summed E-state index contributed by atoms with van der Waals surface area (Å²) >= 11 is 0. The maximum atomic E-state index is 11.8. The molecule has 18 heavy (non-hydrogen) atoms. The van der Waals surface area contributed by atoms with Gasteiger partial charge in [-0.05, 0) is 25.7 Å². The molecule has 0 radical (unpaired) electrons. The van der Waals surface area contributed by atoms with Crippen LogP contribution in [-0.4, -0.2) is 37.0 Å². The maximum Gasteiger partial charge on any atom is 0.237 e. The minimum Gasteiger partial charge on any atom is -0.355 e. The van der Waals surface area contributed by atoms with Gasteiger partial charge < -0.3 is 10.6 Å². The third kappa shape index (κ3) is 3.98. The molecule has 0 aromatic rings. The Balaban J connectivity index is 1.65. The first-order valence-electron chi connectivity index (χ1n) is 7.06. The Hall–Kier alpha value is -1.10. The van der Waals surface area contributed by atoms with Crippen molar-refractivity contribution in [1.29, 1.82) is 0 Å².